The number of rotatable bonds is 4. The summed E-state index contributed by atoms with van der Waals surface area (Å²) in [5, 5.41) is 13.9. The van der Waals surface area contributed by atoms with Crippen molar-refractivity contribution in [3.05, 3.63) is 21.9 Å². The van der Waals surface area contributed by atoms with Gasteiger partial charge in [0.1, 0.15) is 6.61 Å². The molecule has 1 fully saturated rings. The van der Waals surface area contributed by atoms with Gasteiger partial charge in [0.2, 0.25) is 5.91 Å². The van der Waals surface area contributed by atoms with E-state index >= 15 is 0 Å². The van der Waals surface area contributed by atoms with Gasteiger partial charge in [-0.1, -0.05) is 11.8 Å². The van der Waals surface area contributed by atoms with Crippen LogP contribution < -0.4 is 10.6 Å². The number of amides is 2. The molecule has 6 heteroatoms. The molecule has 1 aromatic rings. The SMILES string of the molecule is O=C(CNC(=O)c1ccc(C#CCO)s1)NC1CC1. The maximum atomic E-state index is 11.8. The fraction of sp³-hybridized carbons (Fsp3) is 0.385. The quantitative estimate of drug-likeness (QED) is 0.684. The van der Waals surface area contributed by atoms with Gasteiger partial charge >= 0.3 is 0 Å². The van der Waals surface area contributed by atoms with E-state index in [1.807, 2.05) is 0 Å². The highest BCUT2D eigenvalue weighted by Crippen LogP contribution is 2.18. The second kappa shape index (κ2) is 6.36. The minimum Gasteiger partial charge on any atom is -0.384 e. The summed E-state index contributed by atoms with van der Waals surface area (Å²) in [7, 11) is 0. The summed E-state index contributed by atoms with van der Waals surface area (Å²) in [6.45, 7) is -0.217. The van der Waals surface area contributed by atoms with E-state index in [1.54, 1.807) is 12.1 Å². The summed E-state index contributed by atoms with van der Waals surface area (Å²) >= 11 is 1.23. The van der Waals surface area contributed by atoms with E-state index in [-0.39, 0.29) is 25.0 Å². The molecule has 0 saturated heterocycles. The minimum atomic E-state index is -0.284. The van der Waals surface area contributed by atoms with Crippen molar-refractivity contribution in [1.82, 2.24) is 10.6 Å². The van der Waals surface area contributed by atoms with Gasteiger partial charge in [0.15, 0.2) is 0 Å². The second-order valence-electron chi connectivity index (χ2n) is 4.15. The molecular weight excluding hydrogens is 264 g/mol. The second-order valence-corrected chi connectivity index (χ2v) is 5.23. The van der Waals surface area contributed by atoms with Crippen molar-refractivity contribution in [2.75, 3.05) is 13.2 Å². The van der Waals surface area contributed by atoms with E-state index in [0.29, 0.717) is 15.8 Å². The molecule has 0 radical (unpaired) electrons. The Labute approximate surface area is 115 Å². The van der Waals surface area contributed by atoms with Crippen LogP contribution in [0.2, 0.25) is 0 Å². The number of aliphatic hydroxyl groups is 1. The first-order valence-corrected chi connectivity index (χ1v) is 6.78. The van der Waals surface area contributed by atoms with Crippen LogP contribution in [0.5, 0.6) is 0 Å². The Morgan fingerprint density at radius 2 is 2.21 bits per heavy atom. The summed E-state index contributed by atoms with van der Waals surface area (Å²) in [4.78, 5) is 24.4. The van der Waals surface area contributed by atoms with Gasteiger partial charge < -0.3 is 15.7 Å². The molecule has 1 aromatic heterocycles. The number of hydrogen-bond donors (Lipinski definition) is 3. The van der Waals surface area contributed by atoms with E-state index in [9.17, 15) is 9.59 Å². The van der Waals surface area contributed by atoms with Crippen molar-refractivity contribution >= 4 is 23.2 Å². The Hall–Kier alpha value is -1.84. The van der Waals surface area contributed by atoms with Gasteiger partial charge in [-0.05, 0) is 25.0 Å². The average Bonchev–Trinajstić information content (AvgIpc) is 3.08. The van der Waals surface area contributed by atoms with Crippen molar-refractivity contribution in [3.63, 3.8) is 0 Å². The Bertz CT molecular complexity index is 538. The Kier molecular flexibility index (Phi) is 4.55. The molecule has 0 bridgehead atoms. The van der Waals surface area contributed by atoms with Gasteiger partial charge in [0, 0.05) is 6.04 Å². The van der Waals surface area contributed by atoms with Crippen molar-refractivity contribution in [2.45, 2.75) is 18.9 Å². The Morgan fingerprint density at radius 3 is 2.89 bits per heavy atom. The normalized spacial score (nSPS) is 13.3. The minimum absolute atomic E-state index is 0.00904. The molecule has 1 aliphatic rings. The summed E-state index contributed by atoms with van der Waals surface area (Å²) in [5.41, 5.74) is 0. The van der Waals surface area contributed by atoms with Crippen LogP contribution in [0.4, 0.5) is 0 Å². The number of nitrogens with one attached hydrogen (secondary N) is 2. The molecule has 2 rings (SSSR count). The van der Waals surface area contributed by atoms with Crippen LogP contribution in [0.1, 0.15) is 27.4 Å². The highest BCUT2D eigenvalue weighted by atomic mass is 32.1. The standard InChI is InChI=1S/C13H14N2O3S/c16-7-1-2-10-5-6-11(19-10)13(18)14-8-12(17)15-9-3-4-9/h5-6,9,16H,3-4,7-8H2,(H,14,18)(H,15,17). The van der Waals surface area contributed by atoms with Gasteiger partial charge in [-0.25, -0.2) is 0 Å². The maximum absolute atomic E-state index is 11.8. The number of carbonyl (C=O) groups is 2. The fourth-order valence-corrected chi connectivity index (χ4v) is 2.20. The zero-order chi connectivity index (χ0) is 13.7. The number of thiophene rings is 1. The molecule has 0 unspecified atom stereocenters. The van der Waals surface area contributed by atoms with E-state index in [0.717, 1.165) is 12.8 Å². The van der Waals surface area contributed by atoms with E-state index in [4.69, 9.17) is 5.11 Å². The topological polar surface area (TPSA) is 78.4 Å². The third-order valence-corrected chi connectivity index (χ3v) is 3.47. The number of carbonyl (C=O) groups excluding carboxylic acids is 2. The fourth-order valence-electron chi connectivity index (χ4n) is 1.41. The summed E-state index contributed by atoms with van der Waals surface area (Å²) in [5.74, 6) is 4.80. The molecule has 0 spiro atoms. The van der Waals surface area contributed by atoms with Gasteiger partial charge in [-0.2, -0.15) is 0 Å². The molecule has 3 N–H and O–H groups in total. The smallest absolute Gasteiger partial charge is 0.261 e. The zero-order valence-electron chi connectivity index (χ0n) is 10.2. The third kappa shape index (κ3) is 4.39. The summed E-state index contributed by atoms with van der Waals surface area (Å²) < 4.78 is 0. The lowest BCUT2D eigenvalue weighted by Crippen LogP contribution is -2.37. The monoisotopic (exact) mass is 278 g/mol. The first-order valence-electron chi connectivity index (χ1n) is 5.96. The van der Waals surface area contributed by atoms with Crippen LogP contribution in [-0.2, 0) is 4.79 Å². The molecule has 0 aromatic carbocycles. The molecule has 0 atom stereocenters. The third-order valence-electron chi connectivity index (χ3n) is 2.47. The molecule has 5 nitrogen and oxygen atoms in total. The Balaban J connectivity index is 1.81. The predicted molar refractivity (Wildman–Crippen MR) is 71.8 cm³/mol. The van der Waals surface area contributed by atoms with E-state index in [2.05, 4.69) is 22.5 Å². The van der Waals surface area contributed by atoms with Gasteiger partial charge in [0.25, 0.3) is 5.91 Å². The highest BCUT2D eigenvalue weighted by Gasteiger charge is 2.23. The summed E-state index contributed by atoms with van der Waals surface area (Å²) in [6.07, 6.45) is 2.05. The molecule has 0 aliphatic heterocycles. The largest absolute Gasteiger partial charge is 0.384 e. The van der Waals surface area contributed by atoms with E-state index in [1.165, 1.54) is 11.3 Å². The van der Waals surface area contributed by atoms with Crippen LogP contribution in [0.3, 0.4) is 0 Å². The van der Waals surface area contributed by atoms with Crippen molar-refractivity contribution in [2.24, 2.45) is 0 Å². The molecule has 1 aliphatic carbocycles. The van der Waals surface area contributed by atoms with Crippen LogP contribution >= 0.6 is 11.3 Å². The molecule has 1 heterocycles. The number of hydrogen-bond acceptors (Lipinski definition) is 4. The van der Waals surface area contributed by atoms with Gasteiger partial charge in [-0.15, -0.1) is 11.3 Å². The van der Waals surface area contributed by atoms with Crippen molar-refractivity contribution < 1.29 is 14.7 Å². The van der Waals surface area contributed by atoms with Crippen LogP contribution in [0, 0.1) is 11.8 Å². The number of aliphatic hydroxyl groups excluding tert-OH is 1. The lowest BCUT2D eigenvalue weighted by molar-refractivity contribution is -0.120. The van der Waals surface area contributed by atoms with E-state index < -0.39 is 0 Å². The first-order chi connectivity index (χ1) is 9.19. The van der Waals surface area contributed by atoms with Gasteiger partial charge in [-0.3, -0.25) is 9.59 Å². The molecule has 1 saturated carbocycles. The van der Waals surface area contributed by atoms with Crippen LogP contribution in [-0.4, -0.2) is 36.1 Å². The van der Waals surface area contributed by atoms with Gasteiger partial charge in [0.05, 0.1) is 16.3 Å². The molecular formula is C13H14N2O3S. The molecule has 19 heavy (non-hydrogen) atoms. The lowest BCUT2D eigenvalue weighted by atomic mass is 10.4. The molecule has 2 amide bonds. The summed E-state index contributed by atoms with van der Waals surface area (Å²) in [6, 6.07) is 3.67. The van der Waals surface area contributed by atoms with Crippen molar-refractivity contribution in [3.8, 4) is 11.8 Å². The first kappa shape index (κ1) is 13.6. The predicted octanol–water partition coefficient (Wildman–Crippen LogP) is 0.100. The molecule has 100 valence electrons. The average molecular weight is 278 g/mol. The van der Waals surface area contributed by atoms with Crippen LogP contribution in [0.15, 0.2) is 12.1 Å². The zero-order valence-corrected chi connectivity index (χ0v) is 11.0. The Morgan fingerprint density at radius 1 is 1.42 bits per heavy atom. The lowest BCUT2D eigenvalue weighted by Gasteiger charge is -2.04. The van der Waals surface area contributed by atoms with Crippen molar-refractivity contribution in [1.29, 1.82) is 0 Å². The maximum Gasteiger partial charge on any atom is 0.261 e. The van der Waals surface area contributed by atoms with Crippen LogP contribution in [0.25, 0.3) is 0 Å². The highest BCUT2D eigenvalue weighted by molar-refractivity contribution is 7.14.